The van der Waals surface area contributed by atoms with Crippen molar-refractivity contribution in [2.75, 3.05) is 0 Å². The van der Waals surface area contributed by atoms with Crippen molar-refractivity contribution in [2.24, 2.45) is 5.10 Å². The largest absolute Gasteiger partial charge is 0.507 e. The van der Waals surface area contributed by atoms with Gasteiger partial charge in [0.15, 0.2) is 0 Å². The summed E-state index contributed by atoms with van der Waals surface area (Å²) in [5.74, 6) is -0.0507. The molecule has 0 aliphatic carbocycles. The van der Waals surface area contributed by atoms with Crippen LogP contribution in [0.25, 0.3) is 0 Å². The van der Waals surface area contributed by atoms with E-state index in [1.54, 1.807) is 24.5 Å². The fourth-order valence-electron chi connectivity index (χ4n) is 2.56. The van der Waals surface area contributed by atoms with Crippen LogP contribution >= 0.6 is 0 Å². The maximum Gasteiger partial charge on any atom is 0.271 e. The highest BCUT2D eigenvalue weighted by Crippen LogP contribution is 2.39. The van der Waals surface area contributed by atoms with Crippen LogP contribution < -0.4 is 5.43 Å². The van der Waals surface area contributed by atoms with E-state index >= 15 is 0 Å². The minimum atomic E-state index is -0.307. The molecule has 5 nitrogen and oxygen atoms in total. The van der Waals surface area contributed by atoms with Crippen molar-refractivity contribution in [3.63, 3.8) is 0 Å². The lowest BCUT2D eigenvalue weighted by molar-refractivity contribution is 0.0955. The molecule has 25 heavy (non-hydrogen) atoms. The maximum absolute atomic E-state index is 12.5. The lowest BCUT2D eigenvalue weighted by Crippen LogP contribution is -2.22. The molecule has 1 amide bonds. The number of rotatable bonds is 3. The van der Waals surface area contributed by atoms with Gasteiger partial charge in [-0.2, -0.15) is 5.10 Å². The molecule has 2 aromatic rings. The summed E-state index contributed by atoms with van der Waals surface area (Å²) in [5, 5.41) is 14.7. The Morgan fingerprint density at radius 3 is 2.12 bits per heavy atom. The molecule has 3 N–H and O–H groups in total. The van der Waals surface area contributed by atoms with E-state index in [0.717, 1.165) is 16.8 Å². The van der Waals surface area contributed by atoms with Crippen LogP contribution in [0.2, 0.25) is 0 Å². The Bertz CT molecular complexity index is 741. The van der Waals surface area contributed by atoms with E-state index in [9.17, 15) is 9.90 Å². The number of benzene rings is 1. The summed E-state index contributed by atoms with van der Waals surface area (Å²) in [4.78, 5) is 15.5. The molecular formula is C20H27N3O2. The monoisotopic (exact) mass is 341 g/mol. The van der Waals surface area contributed by atoms with E-state index in [1.807, 2.05) is 53.7 Å². The first-order valence-corrected chi connectivity index (χ1v) is 8.35. The van der Waals surface area contributed by atoms with Crippen molar-refractivity contribution < 1.29 is 9.90 Å². The Balaban J connectivity index is 2.38. The number of hydrogen-bond acceptors (Lipinski definition) is 3. The van der Waals surface area contributed by atoms with E-state index in [-0.39, 0.29) is 22.5 Å². The van der Waals surface area contributed by atoms with Gasteiger partial charge < -0.3 is 10.1 Å². The van der Waals surface area contributed by atoms with Crippen LogP contribution in [0.5, 0.6) is 5.75 Å². The first kappa shape index (κ1) is 18.8. The molecule has 5 heteroatoms. The predicted octanol–water partition coefficient (Wildman–Crippen LogP) is 4.08. The first-order valence-electron chi connectivity index (χ1n) is 8.35. The molecule has 0 aliphatic heterocycles. The third kappa shape index (κ3) is 4.50. The quantitative estimate of drug-likeness (QED) is 0.581. The Hall–Kier alpha value is -2.56. The number of phenolic OH excluding ortho intramolecular Hbond substituents is 1. The molecule has 2 rings (SSSR count). The zero-order valence-electron chi connectivity index (χ0n) is 15.8. The van der Waals surface area contributed by atoms with Gasteiger partial charge >= 0.3 is 0 Å². The second kappa shape index (κ2) is 6.75. The second-order valence-corrected chi connectivity index (χ2v) is 8.24. The molecule has 0 fully saturated rings. The molecule has 1 aromatic carbocycles. The molecule has 0 unspecified atom stereocenters. The lowest BCUT2D eigenvalue weighted by atomic mass is 9.78. The van der Waals surface area contributed by atoms with Crippen LogP contribution in [-0.4, -0.2) is 22.2 Å². The van der Waals surface area contributed by atoms with Crippen LogP contribution in [-0.2, 0) is 10.8 Å². The molecule has 0 bridgehead atoms. The number of amides is 1. The van der Waals surface area contributed by atoms with Crippen molar-refractivity contribution in [3.8, 4) is 5.75 Å². The van der Waals surface area contributed by atoms with E-state index in [0.29, 0.717) is 5.56 Å². The number of aromatic amines is 1. The molecule has 0 saturated carbocycles. The van der Waals surface area contributed by atoms with Crippen molar-refractivity contribution in [1.82, 2.24) is 10.4 Å². The summed E-state index contributed by atoms with van der Waals surface area (Å²) in [6, 6.07) is 7.19. The van der Waals surface area contributed by atoms with Crippen LogP contribution in [0.3, 0.4) is 0 Å². The SMILES string of the molecule is CC(C)(C)c1cc(C(=O)NN=Cc2ccc[nH]2)cc(C(C)(C)C)c1O. The van der Waals surface area contributed by atoms with Crippen LogP contribution in [0.15, 0.2) is 35.6 Å². The molecule has 1 heterocycles. The number of phenols is 1. The van der Waals surface area contributed by atoms with Crippen LogP contribution in [0.1, 0.15) is 68.7 Å². The van der Waals surface area contributed by atoms with E-state index in [2.05, 4.69) is 15.5 Å². The van der Waals surface area contributed by atoms with Gasteiger partial charge in [-0.15, -0.1) is 0 Å². The predicted molar refractivity (Wildman–Crippen MR) is 101 cm³/mol. The standard InChI is InChI=1S/C20H27N3O2/c1-19(2,3)15-10-13(11-16(17(15)24)20(4,5)6)18(25)23-22-12-14-8-7-9-21-14/h7-12,21,24H,1-6H3,(H,23,25). The Morgan fingerprint density at radius 2 is 1.68 bits per heavy atom. The number of aromatic nitrogens is 1. The average Bonchev–Trinajstić information content (AvgIpc) is 2.98. The Morgan fingerprint density at radius 1 is 1.12 bits per heavy atom. The highest BCUT2D eigenvalue weighted by Gasteiger charge is 2.27. The van der Waals surface area contributed by atoms with Gasteiger partial charge in [0.1, 0.15) is 5.75 Å². The molecule has 1 aromatic heterocycles. The number of aromatic hydroxyl groups is 1. The fourth-order valence-corrected chi connectivity index (χ4v) is 2.56. The summed E-state index contributed by atoms with van der Waals surface area (Å²) in [7, 11) is 0. The van der Waals surface area contributed by atoms with Crippen molar-refractivity contribution in [2.45, 2.75) is 52.4 Å². The zero-order chi connectivity index (χ0) is 18.8. The number of hydrogen-bond donors (Lipinski definition) is 3. The van der Waals surface area contributed by atoms with Crippen molar-refractivity contribution in [3.05, 3.63) is 52.8 Å². The molecule has 0 saturated heterocycles. The first-order chi connectivity index (χ1) is 11.5. The van der Waals surface area contributed by atoms with Gasteiger partial charge in [0.25, 0.3) is 5.91 Å². The molecule has 0 atom stereocenters. The second-order valence-electron chi connectivity index (χ2n) is 8.24. The highest BCUT2D eigenvalue weighted by molar-refractivity contribution is 5.95. The van der Waals surface area contributed by atoms with Crippen LogP contribution in [0, 0.1) is 0 Å². The number of hydrazone groups is 1. The summed E-state index contributed by atoms with van der Waals surface area (Å²) < 4.78 is 0. The molecule has 0 aliphatic rings. The van der Waals surface area contributed by atoms with Gasteiger partial charge in [0.2, 0.25) is 0 Å². The minimum Gasteiger partial charge on any atom is -0.507 e. The number of carbonyl (C=O) groups is 1. The number of carbonyl (C=O) groups excluding carboxylic acids is 1. The third-order valence-electron chi connectivity index (χ3n) is 3.98. The van der Waals surface area contributed by atoms with Gasteiger partial charge in [-0.3, -0.25) is 4.79 Å². The third-order valence-corrected chi connectivity index (χ3v) is 3.98. The van der Waals surface area contributed by atoms with Gasteiger partial charge in [-0.25, -0.2) is 5.43 Å². The Kier molecular flexibility index (Phi) is 5.07. The molecule has 0 spiro atoms. The number of H-pyrrole nitrogens is 1. The summed E-state index contributed by atoms with van der Waals surface area (Å²) in [6.07, 6.45) is 3.34. The fraction of sp³-hybridized carbons (Fsp3) is 0.400. The minimum absolute atomic E-state index is 0.256. The van der Waals surface area contributed by atoms with Gasteiger partial charge in [0.05, 0.1) is 11.9 Å². The van der Waals surface area contributed by atoms with Gasteiger partial charge in [0, 0.05) is 22.9 Å². The normalized spacial score (nSPS) is 12.6. The number of nitrogens with zero attached hydrogens (tertiary/aromatic N) is 1. The highest BCUT2D eigenvalue weighted by atomic mass is 16.3. The van der Waals surface area contributed by atoms with Gasteiger partial charge in [-0.1, -0.05) is 41.5 Å². The molecule has 0 radical (unpaired) electrons. The maximum atomic E-state index is 12.5. The molecular weight excluding hydrogens is 314 g/mol. The van der Waals surface area contributed by atoms with Gasteiger partial charge in [-0.05, 0) is 35.1 Å². The van der Waals surface area contributed by atoms with E-state index < -0.39 is 0 Å². The van der Waals surface area contributed by atoms with E-state index in [4.69, 9.17) is 0 Å². The Labute approximate surface area is 149 Å². The van der Waals surface area contributed by atoms with E-state index in [1.165, 1.54) is 0 Å². The van der Waals surface area contributed by atoms with Crippen molar-refractivity contribution >= 4 is 12.1 Å². The summed E-state index contributed by atoms with van der Waals surface area (Å²) in [5.41, 5.74) is 4.76. The summed E-state index contributed by atoms with van der Waals surface area (Å²) in [6.45, 7) is 12.1. The topological polar surface area (TPSA) is 77.5 Å². The average molecular weight is 341 g/mol. The van der Waals surface area contributed by atoms with Crippen LogP contribution in [0.4, 0.5) is 0 Å². The number of nitrogens with one attached hydrogen (secondary N) is 2. The molecule has 134 valence electrons. The summed E-state index contributed by atoms with van der Waals surface area (Å²) >= 11 is 0. The van der Waals surface area contributed by atoms with Crippen molar-refractivity contribution in [1.29, 1.82) is 0 Å². The smallest absolute Gasteiger partial charge is 0.271 e. The lowest BCUT2D eigenvalue weighted by Gasteiger charge is -2.28. The zero-order valence-corrected chi connectivity index (χ0v) is 15.8.